The highest BCUT2D eigenvalue weighted by Crippen LogP contribution is 2.53. The molecule has 2 fully saturated rings. The molecule has 0 aliphatic heterocycles. The number of rotatable bonds is 6. The molecule has 1 amide bonds. The number of nitrogens with zero attached hydrogens (tertiary/aromatic N) is 2. The number of nitrogens with two attached hydrogens (primary N) is 1. The number of amides is 1. The van der Waals surface area contributed by atoms with Crippen LogP contribution in [-0.2, 0) is 16.5 Å². The highest BCUT2D eigenvalue weighted by atomic mass is 35.5. The summed E-state index contributed by atoms with van der Waals surface area (Å²) < 4.78 is 0. The van der Waals surface area contributed by atoms with Crippen LogP contribution in [0.4, 0.5) is 10.5 Å². The summed E-state index contributed by atoms with van der Waals surface area (Å²) in [6.45, 7) is 6.35. The van der Waals surface area contributed by atoms with Crippen LogP contribution < -0.4 is 16.2 Å². The largest absolute Gasteiger partial charge is 0.465 e. The van der Waals surface area contributed by atoms with Crippen molar-refractivity contribution in [2.45, 2.75) is 75.8 Å². The smallest absolute Gasteiger partial charge is 0.412 e. The zero-order valence-corrected chi connectivity index (χ0v) is 28.9. The van der Waals surface area contributed by atoms with Gasteiger partial charge in [0.2, 0.25) is 0 Å². The Morgan fingerprint density at radius 3 is 2.25 bits per heavy atom. The summed E-state index contributed by atoms with van der Waals surface area (Å²) in [6.07, 6.45) is 5.37. The van der Waals surface area contributed by atoms with Gasteiger partial charge in [-0.2, -0.15) is 0 Å². The Labute approximate surface area is 291 Å². The lowest BCUT2D eigenvalue weighted by Crippen LogP contribution is -2.55. The predicted octanol–water partition coefficient (Wildman–Crippen LogP) is 9.53. The van der Waals surface area contributed by atoms with Crippen molar-refractivity contribution in [1.29, 1.82) is 0 Å². The standard InChI is InChI=1S/C39H39ClN4O3.ClH/c1-37(2,3)30-22-26(12-14-31(30)40)39(18-8-19-39)44(36(46)47)33-21-25(11-13-29(33)38(41)16-7-17-38)34-27(24-9-5-4-6-10-24)23-28-32(43-34)15-20-42-35(28)45;/h4-6,9-15,20-23H,7-8,16-19,41H2,1-3H3,(H,42,45)(H,46,47);1H. The minimum absolute atomic E-state index is 0. The summed E-state index contributed by atoms with van der Waals surface area (Å²) in [7, 11) is 0. The van der Waals surface area contributed by atoms with E-state index in [0.29, 0.717) is 40.1 Å². The van der Waals surface area contributed by atoms with Crippen LogP contribution in [0.3, 0.4) is 0 Å². The predicted molar refractivity (Wildman–Crippen MR) is 196 cm³/mol. The number of fused-ring (bicyclic) bond motifs is 1. The topological polar surface area (TPSA) is 112 Å². The molecule has 7 nitrogen and oxygen atoms in total. The van der Waals surface area contributed by atoms with E-state index in [-0.39, 0.29) is 23.4 Å². The number of nitrogens with one attached hydrogen (secondary N) is 1. The molecular formula is C39H40Cl2N4O3. The summed E-state index contributed by atoms with van der Waals surface area (Å²) in [5.74, 6) is 0. The lowest BCUT2D eigenvalue weighted by molar-refractivity contribution is 0.168. The molecule has 3 aromatic carbocycles. The van der Waals surface area contributed by atoms with Crippen molar-refractivity contribution in [3.8, 4) is 22.4 Å². The Kier molecular flexibility index (Phi) is 8.69. The molecule has 0 atom stereocenters. The monoisotopic (exact) mass is 682 g/mol. The van der Waals surface area contributed by atoms with Crippen LogP contribution in [-0.4, -0.2) is 21.2 Å². The van der Waals surface area contributed by atoms with Gasteiger partial charge in [-0.25, -0.2) is 9.78 Å². The van der Waals surface area contributed by atoms with Crippen LogP contribution in [0.25, 0.3) is 33.3 Å². The van der Waals surface area contributed by atoms with Gasteiger partial charge in [-0.05, 0) is 90.5 Å². The Balaban J connectivity index is 0.00000401. The summed E-state index contributed by atoms with van der Waals surface area (Å²) in [4.78, 5) is 35.8. The number of pyridine rings is 2. The van der Waals surface area contributed by atoms with Crippen molar-refractivity contribution in [3.63, 3.8) is 0 Å². The molecule has 9 heteroatoms. The van der Waals surface area contributed by atoms with Gasteiger partial charge in [0.05, 0.1) is 27.8 Å². The van der Waals surface area contributed by atoms with Crippen molar-refractivity contribution < 1.29 is 9.90 Å². The minimum atomic E-state index is -1.03. The number of carbonyl (C=O) groups is 1. The molecule has 0 saturated heterocycles. The number of hydrogen-bond acceptors (Lipinski definition) is 4. The lowest BCUT2D eigenvalue weighted by Gasteiger charge is -2.51. The number of halogens is 2. The Bertz CT molecular complexity index is 2080. The van der Waals surface area contributed by atoms with E-state index in [1.807, 2.05) is 66.7 Å². The number of carboxylic acid groups (broad SMARTS) is 1. The van der Waals surface area contributed by atoms with Gasteiger partial charge >= 0.3 is 6.09 Å². The molecule has 48 heavy (non-hydrogen) atoms. The van der Waals surface area contributed by atoms with Gasteiger partial charge in [0.15, 0.2) is 0 Å². The summed E-state index contributed by atoms with van der Waals surface area (Å²) in [6, 6.07) is 25.4. The van der Waals surface area contributed by atoms with Gasteiger partial charge in [-0.15, -0.1) is 12.4 Å². The maximum absolute atomic E-state index is 13.6. The van der Waals surface area contributed by atoms with E-state index in [2.05, 4.69) is 31.8 Å². The van der Waals surface area contributed by atoms with Crippen molar-refractivity contribution in [1.82, 2.24) is 9.97 Å². The molecule has 2 heterocycles. The average molecular weight is 684 g/mol. The fourth-order valence-corrected chi connectivity index (χ4v) is 7.74. The number of H-pyrrole nitrogens is 1. The van der Waals surface area contributed by atoms with Gasteiger partial charge < -0.3 is 15.8 Å². The number of aromatic amines is 1. The number of aromatic nitrogens is 2. The molecule has 7 rings (SSSR count). The third-order valence-electron chi connectivity index (χ3n) is 10.2. The van der Waals surface area contributed by atoms with Crippen LogP contribution >= 0.6 is 24.0 Å². The third-order valence-corrected chi connectivity index (χ3v) is 10.6. The summed E-state index contributed by atoms with van der Waals surface area (Å²) in [5, 5.41) is 12.3. The molecule has 0 unspecified atom stereocenters. The number of benzene rings is 3. The first kappa shape index (κ1) is 33.7. The van der Waals surface area contributed by atoms with Crippen LogP contribution in [0, 0.1) is 0 Å². The fraction of sp³-hybridized carbons (Fsp3) is 0.308. The van der Waals surface area contributed by atoms with Crippen LogP contribution in [0.15, 0.2) is 89.9 Å². The second kappa shape index (κ2) is 12.4. The van der Waals surface area contributed by atoms with E-state index in [1.165, 1.54) is 0 Å². The minimum Gasteiger partial charge on any atom is -0.465 e. The summed E-state index contributed by atoms with van der Waals surface area (Å²) in [5.41, 5.74) is 12.2. The third kappa shape index (κ3) is 5.58. The quantitative estimate of drug-likeness (QED) is 0.165. The first-order valence-corrected chi connectivity index (χ1v) is 16.6. The van der Waals surface area contributed by atoms with E-state index in [4.69, 9.17) is 22.3 Å². The number of anilines is 1. The van der Waals surface area contributed by atoms with E-state index < -0.39 is 17.2 Å². The molecule has 4 N–H and O–H groups in total. The van der Waals surface area contributed by atoms with Crippen molar-refractivity contribution in [3.05, 3.63) is 117 Å². The normalized spacial score (nSPS) is 16.4. The Morgan fingerprint density at radius 2 is 1.65 bits per heavy atom. The van der Waals surface area contributed by atoms with Gasteiger partial charge in [-0.3, -0.25) is 9.69 Å². The molecule has 248 valence electrons. The number of hydrogen-bond donors (Lipinski definition) is 3. The van der Waals surface area contributed by atoms with Gasteiger partial charge in [0.25, 0.3) is 5.56 Å². The average Bonchev–Trinajstić information content (AvgIpc) is 3.01. The van der Waals surface area contributed by atoms with Gasteiger partial charge in [0.1, 0.15) is 0 Å². The van der Waals surface area contributed by atoms with E-state index >= 15 is 0 Å². The Morgan fingerprint density at radius 1 is 0.938 bits per heavy atom. The van der Waals surface area contributed by atoms with Crippen LogP contribution in [0.1, 0.15) is 76.0 Å². The first-order chi connectivity index (χ1) is 22.4. The van der Waals surface area contributed by atoms with E-state index in [9.17, 15) is 14.7 Å². The van der Waals surface area contributed by atoms with Crippen molar-refractivity contribution >= 4 is 46.7 Å². The van der Waals surface area contributed by atoms with Crippen molar-refractivity contribution in [2.75, 3.05) is 4.90 Å². The van der Waals surface area contributed by atoms with Crippen LogP contribution in [0.5, 0.6) is 0 Å². The van der Waals surface area contributed by atoms with E-state index in [0.717, 1.165) is 59.1 Å². The molecular weight excluding hydrogens is 643 g/mol. The maximum Gasteiger partial charge on any atom is 0.412 e. The first-order valence-electron chi connectivity index (χ1n) is 16.3. The highest BCUT2D eigenvalue weighted by Gasteiger charge is 2.50. The van der Waals surface area contributed by atoms with Crippen molar-refractivity contribution in [2.24, 2.45) is 5.73 Å². The van der Waals surface area contributed by atoms with Crippen LogP contribution in [0.2, 0.25) is 5.02 Å². The molecule has 2 aliphatic carbocycles. The zero-order chi connectivity index (χ0) is 33.1. The second-order valence-corrected chi connectivity index (χ2v) is 14.6. The fourth-order valence-electron chi connectivity index (χ4n) is 7.34. The van der Waals surface area contributed by atoms with E-state index in [1.54, 1.807) is 17.2 Å². The summed E-state index contributed by atoms with van der Waals surface area (Å²) >= 11 is 6.69. The molecule has 0 radical (unpaired) electrons. The van der Waals surface area contributed by atoms with Gasteiger partial charge in [0, 0.05) is 27.9 Å². The molecule has 2 aromatic heterocycles. The molecule has 2 saturated carbocycles. The molecule has 0 spiro atoms. The molecule has 0 bridgehead atoms. The zero-order valence-electron chi connectivity index (χ0n) is 27.3. The lowest BCUT2D eigenvalue weighted by atomic mass is 9.67. The molecule has 2 aliphatic rings. The highest BCUT2D eigenvalue weighted by molar-refractivity contribution is 6.31. The Hall–Kier alpha value is -4.17. The van der Waals surface area contributed by atoms with Gasteiger partial charge in [-0.1, -0.05) is 87.0 Å². The molecule has 5 aromatic rings. The second-order valence-electron chi connectivity index (χ2n) is 14.2. The maximum atomic E-state index is 13.6. The SMILES string of the molecule is CC(C)(C)c1cc(C2(N(C(=O)O)c3cc(-c4nc5cc[nH]c(=O)c5cc4-c4ccccc4)ccc3C3(N)CCC3)CCC2)ccc1Cl.Cl.